The Labute approximate surface area is 141 Å². The average Bonchev–Trinajstić information content (AvgIpc) is 3.22. The molecular formula is C18H22N2O4. The van der Waals surface area contributed by atoms with Crippen molar-refractivity contribution >= 4 is 5.91 Å². The first-order valence-corrected chi connectivity index (χ1v) is 8.14. The second kappa shape index (κ2) is 7.49. The van der Waals surface area contributed by atoms with Crippen molar-refractivity contribution < 1.29 is 18.8 Å². The van der Waals surface area contributed by atoms with Crippen LogP contribution in [0, 0.1) is 19.8 Å². The minimum Gasteiger partial charge on any atom is -0.488 e. The molecule has 1 aliphatic rings. The van der Waals surface area contributed by atoms with Crippen LogP contribution in [0.4, 0.5) is 0 Å². The largest absolute Gasteiger partial charge is 0.488 e. The molecule has 1 aromatic heterocycles. The number of carbonyl (C=O) groups is 1. The predicted molar refractivity (Wildman–Crippen MR) is 88.0 cm³/mol. The van der Waals surface area contributed by atoms with Crippen LogP contribution in [0.3, 0.4) is 0 Å². The molecule has 6 nitrogen and oxygen atoms in total. The van der Waals surface area contributed by atoms with Gasteiger partial charge >= 0.3 is 0 Å². The molecule has 2 heterocycles. The maximum absolute atomic E-state index is 12.5. The Morgan fingerprint density at radius 2 is 2.21 bits per heavy atom. The predicted octanol–water partition coefficient (Wildman–Crippen LogP) is 2.64. The number of para-hydroxylation sites is 1. The highest BCUT2D eigenvalue weighted by Crippen LogP contribution is 2.21. The van der Waals surface area contributed by atoms with Crippen LogP contribution >= 0.6 is 0 Å². The summed E-state index contributed by atoms with van der Waals surface area (Å²) in [5.74, 6) is 1.55. The van der Waals surface area contributed by atoms with Gasteiger partial charge in [0.25, 0.3) is 5.91 Å². The summed E-state index contributed by atoms with van der Waals surface area (Å²) >= 11 is 0. The maximum Gasteiger partial charge on any atom is 0.255 e. The highest BCUT2D eigenvalue weighted by atomic mass is 16.5. The van der Waals surface area contributed by atoms with E-state index >= 15 is 0 Å². The molecule has 1 atom stereocenters. The number of rotatable bonds is 6. The molecule has 0 bridgehead atoms. The van der Waals surface area contributed by atoms with Crippen molar-refractivity contribution in [2.75, 3.05) is 19.8 Å². The van der Waals surface area contributed by atoms with Crippen molar-refractivity contribution in [2.45, 2.75) is 26.9 Å². The normalized spacial score (nSPS) is 17.0. The molecule has 0 unspecified atom stereocenters. The molecule has 1 saturated heterocycles. The Morgan fingerprint density at radius 3 is 2.92 bits per heavy atom. The molecule has 0 spiro atoms. The van der Waals surface area contributed by atoms with Crippen LogP contribution in [0.1, 0.15) is 33.8 Å². The van der Waals surface area contributed by atoms with Gasteiger partial charge in [0.05, 0.1) is 23.4 Å². The van der Waals surface area contributed by atoms with Gasteiger partial charge in [-0.15, -0.1) is 0 Å². The van der Waals surface area contributed by atoms with Crippen molar-refractivity contribution in [1.82, 2.24) is 10.5 Å². The number of nitrogens with one attached hydrogen (secondary N) is 1. The van der Waals surface area contributed by atoms with Gasteiger partial charge in [-0.2, -0.15) is 0 Å². The molecule has 3 rings (SSSR count). The van der Waals surface area contributed by atoms with Crippen LogP contribution in [0.15, 0.2) is 28.8 Å². The van der Waals surface area contributed by atoms with Crippen LogP contribution in [-0.2, 0) is 11.3 Å². The zero-order chi connectivity index (χ0) is 16.9. The van der Waals surface area contributed by atoms with Crippen LogP contribution in [0.2, 0.25) is 0 Å². The standard InChI is InChI=1S/C18H22N2O4/c1-12-16(13(2)24-20-12)11-23-17-6-4-3-5-15(17)18(21)19-9-14-7-8-22-10-14/h3-6,14H,7-11H2,1-2H3,(H,19,21)/t14-/m1/s1. The summed E-state index contributed by atoms with van der Waals surface area (Å²) in [6.45, 7) is 6.15. The Kier molecular flexibility index (Phi) is 5.15. The summed E-state index contributed by atoms with van der Waals surface area (Å²) in [4.78, 5) is 12.5. The van der Waals surface area contributed by atoms with Gasteiger partial charge in [-0.05, 0) is 32.4 Å². The highest BCUT2D eigenvalue weighted by molar-refractivity contribution is 5.96. The second-order valence-corrected chi connectivity index (χ2v) is 6.03. The van der Waals surface area contributed by atoms with E-state index < -0.39 is 0 Å². The van der Waals surface area contributed by atoms with Crippen molar-refractivity contribution in [3.05, 3.63) is 46.8 Å². The van der Waals surface area contributed by atoms with E-state index in [1.807, 2.05) is 26.0 Å². The topological polar surface area (TPSA) is 73.6 Å². The van der Waals surface area contributed by atoms with Gasteiger partial charge in [0.15, 0.2) is 0 Å². The van der Waals surface area contributed by atoms with Crippen molar-refractivity contribution in [1.29, 1.82) is 0 Å². The monoisotopic (exact) mass is 330 g/mol. The van der Waals surface area contributed by atoms with E-state index in [0.29, 0.717) is 37.0 Å². The van der Waals surface area contributed by atoms with E-state index in [9.17, 15) is 4.79 Å². The van der Waals surface area contributed by atoms with Gasteiger partial charge < -0.3 is 19.3 Å². The minimum absolute atomic E-state index is 0.128. The maximum atomic E-state index is 12.5. The van der Waals surface area contributed by atoms with Crippen molar-refractivity contribution in [2.24, 2.45) is 5.92 Å². The number of aromatic nitrogens is 1. The highest BCUT2D eigenvalue weighted by Gasteiger charge is 2.19. The Bertz CT molecular complexity index is 685. The number of benzene rings is 1. The fourth-order valence-corrected chi connectivity index (χ4v) is 2.71. The van der Waals surface area contributed by atoms with Gasteiger partial charge in [0, 0.05) is 19.1 Å². The summed E-state index contributed by atoms with van der Waals surface area (Å²) in [5, 5.41) is 6.88. The van der Waals surface area contributed by atoms with E-state index in [4.69, 9.17) is 14.0 Å². The first-order valence-electron chi connectivity index (χ1n) is 8.14. The third-order valence-corrected chi connectivity index (χ3v) is 4.26. The minimum atomic E-state index is -0.128. The Morgan fingerprint density at radius 1 is 1.38 bits per heavy atom. The fraction of sp³-hybridized carbons (Fsp3) is 0.444. The van der Waals surface area contributed by atoms with Gasteiger partial charge in [-0.25, -0.2) is 0 Å². The van der Waals surface area contributed by atoms with E-state index in [0.717, 1.165) is 30.0 Å². The Hall–Kier alpha value is -2.34. The molecule has 24 heavy (non-hydrogen) atoms. The Balaban J connectivity index is 1.64. The first-order chi connectivity index (χ1) is 11.6. The smallest absolute Gasteiger partial charge is 0.255 e. The zero-order valence-corrected chi connectivity index (χ0v) is 14.0. The lowest BCUT2D eigenvalue weighted by atomic mass is 10.1. The van der Waals surface area contributed by atoms with Crippen molar-refractivity contribution in [3.63, 3.8) is 0 Å². The molecule has 1 fully saturated rings. The molecule has 0 saturated carbocycles. The van der Waals surface area contributed by atoms with E-state index in [1.54, 1.807) is 12.1 Å². The number of ether oxygens (including phenoxy) is 2. The lowest BCUT2D eigenvalue weighted by Crippen LogP contribution is -2.29. The molecule has 1 amide bonds. The molecule has 128 valence electrons. The van der Waals surface area contributed by atoms with Crippen LogP contribution < -0.4 is 10.1 Å². The molecule has 1 aliphatic heterocycles. The number of nitrogens with zero attached hydrogens (tertiary/aromatic N) is 1. The second-order valence-electron chi connectivity index (χ2n) is 6.03. The van der Waals surface area contributed by atoms with E-state index in [1.165, 1.54) is 0 Å². The molecular weight excluding hydrogens is 308 g/mol. The molecule has 0 aliphatic carbocycles. The number of hydrogen-bond acceptors (Lipinski definition) is 5. The fourth-order valence-electron chi connectivity index (χ4n) is 2.71. The van der Waals surface area contributed by atoms with Gasteiger partial charge in [0.1, 0.15) is 18.1 Å². The van der Waals surface area contributed by atoms with Crippen LogP contribution in [0.25, 0.3) is 0 Å². The summed E-state index contributed by atoms with van der Waals surface area (Å²) in [6, 6.07) is 7.25. The summed E-state index contributed by atoms with van der Waals surface area (Å²) < 4.78 is 16.3. The number of aryl methyl sites for hydroxylation is 2. The molecule has 1 aromatic carbocycles. The average molecular weight is 330 g/mol. The lowest BCUT2D eigenvalue weighted by Gasteiger charge is -2.13. The molecule has 2 aromatic rings. The van der Waals surface area contributed by atoms with Gasteiger partial charge in [-0.1, -0.05) is 17.3 Å². The number of carbonyl (C=O) groups excluding carboxylic acids is 1. The summed E-state index contributed by atoms with van der Waals surface area (Å²) in [7, 11) is 0. The quantitative estimate of drug-likeness (QED) is 0.881. The van der Waals surface area contributed by atoms with Gasteiger partial charge in [0.2, 0.25) is 0 Å². The SMILES string of the molecule is Cc1noc(C)c1COc1ccccc1C(=O)NC[C@H]1CCOC1. The van der Waals surface area contributed by atoms with Crippen LogP contribution in [0.5, 0.6) is 5.75 Å². The molecule has 1 N–H and O–H groups in total. The summed E-state index contributed by atoms with van der Waals surface area (Å²) in [6.07, 6.45) is 0.991. The van der Waals surface area contributed by atoms with Crippen LogP contribution in [-0.4, -0.2) is 30.8 Å². The molecule has 0 radical (unpaired) electrons. The lowest BCUT2D eigenvalue weighted by molar-refractivity contribution is 0.0940. The molecule has 6 heteroatoms. The van der Waals surface area contributed by atoms with Crippen molar-refractivity contribution in [3.8, 4) is 5.75 Å². The zero-order valence-electron chi connectivity index (χ0n) is 14.0. The number of hydrogen-bond donors (Lipinski definition) is 1. The first kappa shape index (κ1) is 16.5. The summed E-state index contributed by atoms with van der Waals surface area (Å²) in [5.41, 5.74) is 2.24. The van der Waals surface area contributed by atoms with E-state index in [-0.39, 0.29) is 5.91 Å². The third kappa shape index (κ3) is 3.76. The van der Waals surface area contributed by atoms with Gasteiger partial charge in [-0.3, -0.25) is 4.79 Å². The van der Waals surface area contributed by atoms with E-state index in [2.05, 4.69) is 10.5 Å². The third-order valence-electron chi connectivity index (χ3n) is 4.26. The number of amides is 1.